The largest absolute Gasteiger partial charge is 0.481 e. The number of hydrogen-bond donors (Lipinski definition) is 7. The van der Waals surface area contributed by atoms with Crippen LogP contribution in [0.3, 0.4) is 0 Å². The Morgan fingerprint density at radius 2 is 1.20 bits per heavy atom. The maximum atomic E-state index is 10.3. The molecule has 0 bridgehead atoms. The van der Waals surface area contributed by atoms with E-state index in [1.807, 2.05) is 0 Å². The molecule has 10 heteroatoms. The van der Waals surface area contributed by atoms with Crippen LogP contribution in [0.15, 0.2) is 0 Å². The minimum absolute atomic E-state index is 0.139. The third-order valence-electron chi connectivity index (χ3n) is 1.86. The van der Waals surface area contributed by atoms with Gasteiger partial charge in [0.2, 0.25) is 0 Å². The minimum Gasteiger partial charge on any atom is -0.481 e. The molecule has 0 aliphatic carbocycles. The van der Waals surface area contributed by atoms with Crippen LogP contribution in [-0.4, -0.2) is 80.5 Å². The molecular weight excluding hydrogens is 278 g/mol. The third-order valence-corrected chi connectivity index (χ3v) is 1.86. The average molecular weight is 297 g/mol. The van der Waals surface area contributed by atoms with Crippen molar-refractivity contribution in [3.05, 3.63) is 0 Å². The van der Waals surface area contributed by atoms with Crippen LogP contribution in [0.1, 0.15) is 12.8 Å². The predicted octanol–water partition coefficient (Wildman–Crippen LogP) is -2.69. The standard InChI is InChI=1S/C6H8O7.C4H11NO2/c7-3(8)1-6(13,5(11)12)2-4(9)10;6-3-1-5-2-4-7/h13H,1-2H2,(H,7,8)(H,9,10)(H,11,12);5-7H,1-4H2. The number of carboxylic acids is 3. The number of rotatable bonds is 9. The fourth-order valence-electron chi connectivity index (χ4n) is 0.997. The molecule has 0 saturated heterocycles. The van der Waals surface area contributed by atoms with Crippen molar-refractivity contribution in [1.29, 1.82) is 0 Å². The van der Waals surface area contributed by atoms with Crippen LogP contribution in [0.4, 0.5) is 0 Å². The number of aliphatic hydroxyl groups is 3. The second kappa shape index (κ2) is 11.1. The first-order valence-electron chi connectivity index (χ1n) is 5.51. The first-order chi connectivity index (χ1) is 9.19. The second-order valence-corrected chi connectivity index (χ2v) is 3.67. The zero-order valence-electron chi connectivity index (χ0n) is 10.7. The smallest absolute Gasteiger partial charge is 0.336 e. The molecule has 0 unspecified atom stereocenters. The minimum atomic E-state index is -2.74. The van der Waals surface area contributed by atoms with Gasteiger partial charge in [0.1, 0.15) is 0 Å². The molecule has 10 nitrogen and oxygen atoms in total. The SMILES string of the molecule is O=C(O)CC(O)(CC(=O)O)C(=O)O.OCCNCCO. The molecule has 0 atom stereocenters. The number of nitrogens with one attached hydrogen (secondary N) is 1. The summed E-state index contributed by atoms with van der Waals surface area (Å²) >= 11 is 0. The number of hydrogen-bond acceptors (Lipinski definition) is 7. The van der Waals surface area contributed by atoms with Crippen LogP contribution in [-0.2, 0) is 14.4 Å². The fourth-order valence-corrected chi connectivity index (χ4v) is 0.997. The van der Waals surface area contributed by atoms with Crippen LogP contribution in [0.2, 0.25) is 0 Å². The summed E-state index contributed by atoms with van der Waals surface area (Å²) in [6.07, 6.45) is -2.29. The lowest BCUT2D eigenvalue weighted by atomic mass is 9.96. The van der Waals surface area contributed by atoms with E-state index >= 15 is 0 Å². The Balaban J connectivity index is 0. The van der Waals surface area contributed by atoms with E-state index in [-0.39, 0.29) is 13.2 Å². The molecule has 0 aromatic carbocycles. The summed E-state index contributed by atoms with van der Waals surface area (Å²) < 4.78 is 0. The van der Waals surface area contributed by atoms with Gasteiger partial charge in [0, 0.05) is 13.1 Å². The molecular formula is C10H19NO9. The number of aliphatic carboxylic acids is 3. The lowest BCUT2D eigenvalue weighted by molar-refractivity contribution is -0.170. The molecule has 20 heavy (non-hydrogen) atoms. The van der Waals surface area contributed by atoms with Gasteiger partial charge in [0.25, 0.3) is 0 Å². The summed E-state index contributed by atoms with van der Waals surface area (Å²) in [5, 5.41) is 52.9. The van der Waals surface area contributed by atoms with Crippen LogP contribution < -0.4 is 5.32 Å². The van der Waals surface area contributed by atoms with E-state index in [9.17, 15) is 14.4 Å². The Morgan fingerprint density at radius 3 is 1.40 bits per heavy atom. The van der Waals surface area contributed by atoms with Crippen LogP contribution in [0.25, 0.3) is 0 Å². The van der Waals surface area contributed by atoms with E-state index in [2.05, 4.69) is 5.32 Å². The van der Waals surface area contributed by atoms with Gasteiger partial charge >= 0.3 is 17.9 Å². The summed E-state index contributed by atoms with van der Waals surface area (Å²) in [7, 11) is 0. The van der Waals surface area contributed by atoms with Crippen molar-refractivity contribution in [3.8, 4) is 0 Å². The van der Waals surface area contributed by atoms with E-state index in [1.165, 1.54) is 0 Å². The molecule has 0 rings (SSSR count). The number of aliphatic hydroxyl groups excluding tert-OH is 2. The molecule has 0 aliphatic heterocycles. The maximum Gasteiger partial charge on any atom is 0.336 e. The van der Waals surface area contributed by atoms with Gasteiger partial charge in [-0.1, -0.05) is 0 Å². The molecule has 0 radical (unpaired) electrons. The van der Waals surface area contributed by atoms with Crippen molar-refractivity contribution in [2.75, 3.05) is 26.3 Å². The van der Waals surface area contributed by atoms with Gasteiger partial charge in [-0.3, -0.25) is 9.59 Å². The second-order valence-electron chi connectivity index (χ2n) is 3.67. The number of carboxylic acid groups (broad SMARTS) is 3. The van der Waals surface area contributed by atoms with Crippen LogP contribution in [0.5, 0.6) is 0 Å². The molecule has 0 amide bonds. The van der Waals surface area contributed by atoms with Gasteiger partial charge in [-0.25, -0.2) is 4.79 Å². The van der Waals surface area contributed by atoms with Crippen LogP contribution in [0, 0.1) is 0 Å². The Morgan fingerprint density at radius 1 is 0.850 bits per heavy atom. The molecule has 7 N–H and O–H groups in total. The molecule has 0 fully saturated rings. The Bertz CT molecular complexity index is 298. The first-order valence-corrected chi connectivity index (χ1v) is 5.51. The van der Waals surface area contributed by atoms with Gasteiger partial charge in [0.05, 0.1) is 26.1 Å². The van der Waals surface area contributed by atoms with E-state index in [1.54, 1.807) is 0 Å². The Hall–Kier alpha value is -1.75. The molecule has 0 aliphatic rings. The summed E-state index contributed by atoms with van der Waals surface area (Å²) in [6.45, 7) is 1.42. The summed E-state index contributed by atoms with van der Waals surface area (Å²) in [4.78, 5) is 30.5. The zero-order chi connectivity index (χ0) is 16.2. The Labute approximate surface area is 114 Å². The van der Waals surface area contributed by atoms with Crippen LogP contribution >= 0.6 is 0 Å². The number of carbonyl (C=O) groups is 3. The van der Waals surface area contributed by atoms with Gasteiger partial charge < -0.3 is 36.0 Å². The molecule has 0 aromatic rings. The van der Waals surface area contributed by atoms with Gasteiger partial charge in [-0.05, 0) is 0 Å². The lowest BCUT2D eigenvalue weighted by Gasteiger charge is -2.18. The van der Waals surface area contributed by atoms with Crippen molar-refractivity contribution < 1.29 is 45.0 Å². The van der Waals surface area contributed by atoms with Crippen molar-refractivity contribution >= 4 is 17.9 Å². The predicted molar refractivity (Wildman–Crippen MR) is 64.1 cm³/mol. The molecule has 0 spiro atoms. The van der Waals surface area contributed by atoms with Crippen molar-refractivity contribution in [1.82, 2.24) is 5.32 Å². The van der Waals surface area contributed by atoms with E-state index < -0.39 is 36.4 Å². The van der Waals surface area contributed by atoms with E-state index in [0.29, 0.717) is 13.1 Å². The van der Waals surface area contributed by atoms with Crippen molar-refractivity contribution in [2.45, 2.75) is 18.4 Å². The monoisotopic (exact) mass is 297 g/mol. The van der Waals surface area contributed by atoms with Gasteiger partial charge in [-0.2, -0.15) is 0 Å². The summed E-state index contributed by atoms with van der Waals surface area (Å²) in [6, 6.07) is 0. The van der Waals surface area contributed by atoms with E-state index in [0.717, 1.165) is 0 Å². The van der Waals surface area contributed by atoms with Gasteiger partial charge in [-0.15, -0.1) is 0 Å². The van der Waals surface area contributed by atoms with Crippen molar-refractivity contribution in [3.63, 3.8) is 0 Å². The summed E-state index contributed by atoms with van der Waals surface area (Å²) in [5.74, 6) is -5.02. The quantitative estimate of drug-likeness (QED) is 0.221. The Kier molecular flexibility index (Phi) is 11.4. The topological polar surface area (TPSA) is 185 Å². The summed E-state index contributed by atoms with van der Waals surface area (Å²) in [5.41, 5.74) is -2.74. The maximum absolute atomic E-state index is 10.3. The molecule has 118 valence electrons. The highest BCUT2D eigenvalue weighted by Crippen LogP contribution is 2.15. The highest BCUT2D eigenvalue weighted by Gasteiger charge is 2.40. The first kappa shape index (κ1) is 20.6. The molecule has 0 saturated carbocycles. The highest BCUT2D eigenvalue weighted by molar-refractivity contribution is 5.88. The lowest BCUT2D eigenvalue weighted by Crippen LogP contribution is -2.42. The molecule has 0 heterocycles. The van der Waals surface area contributed by atoms with E-state index in [4.69, 9.17) is 30.6 Å². The van der Waals surface area contributed by atoms with Crippen molar-refractivity contribution in [2.24, 2.45) is 0 Å². The average Bonchev–Trinajstić information content (AvgIpc) is 2.28. The third kappa shape index (κ3) is 11.3. The highest BCUT2D eigenvalue weighted by atomic mass is 16.4. The van der Waals surface area contributed by atoms with Gasteiger partial charge in [0.15, 0.2) is 5.60 Å². The fraction of sp³-hybridized carbons (Fsp3) is 0.700. The molecule has 0 aromatic heterocycles. The zero-order valence-corrected chi connectivity index (χ0v) is 10.7. The normalized spacial score (nSPS) is 10.3.